The average molecular weight is 338 g/mol. The molecule has 0 N–H and O–H groups in total. The van der Waals surface area contributed by atoms with Crippen molar-refractivity contribution < 1.29 is 4.74 Å². The molecule has 0 saturated carbocycles. The van der Waals surface area contributed by atoms with E-state index in [-0.39, 0.29) is 12.4 Å². The number of rotatable bonds is 6. The normalized spacial score (nSPS) is 16.2. The van der Waals surface area contributed by atoms with Crippen molar-refractivity contribution in [1.29, 1.82) is 0 Å². The zero-order valence-electron chi connectivity index (χ0n) is 12.8. The van der Waals surface area contributed by atoms with Gasteiger partial charge in [0.2, 0.25) is 0 Å². The maximum absolute atomic E-state index is 5.75. The van der Waals surface area contributed by atoms with E-state index in [1.807, 2.05) is 12.1 Å². The summed E-state index contributed by atoms with van der Waals surface area (Å²) < 4.78 is 5.75. The Bertz CT molecular complexity index is 509. The summed E-state index contributed by atoms with van der Waals surface area (Å²) in [5.74, 6) is 0.849. The van der Waals surface area contributed by atoms with Crippen LogP contribution >= 0.6 is 23.7 Å². The lowest BCUT2D eigenvalue weighted by Crippen LogP contribution is -2.36. The minimum atomic E-state index is 0. The van der Waals surface area contributed by atoms with Gasteiger partial charge in [0, 0.05) is 6.54 Å². The first-order chi connectivity index (χ1) is 10.4. The molecule has 1 fully saturated rings. The molecule has 0 unspecified atom stereocenters. The molecule has 120 valence electrons. The van der Waals surface area contributed by atoms with Crippen LogP contribution in [0.15, 0.2) is 47.8 Å². The monoisotopic (exact) mass is 337 g/mol. The topological polar surface area (TPSA) is 12.5 Å². The van der Waals surface area contributed by atoms with Crippen molar-refractivity contribution in [3.05, 3.63) is 53.4 Å². The van der Waals surface area contributed by atoms with E-state index in [4.69, 9.17) is 4.74 Å². The Kier molecular flexibility index (Phi) is 7.23. The fraction of sp³-hybridized carbons (Fsp3) is 0.444. The van der Waals surface area contributed by atoms with Crippen LogP contribution < -0.4 is 4.74 Å². The van der Waals surface area contributed by atoms with Crippen LogP contribution in [0.3, 0.4) is 0 Å². The van der Waals surface area contributed by atoms with Crippen LogP contribution in [0.1, 0.15) is 18.4 Å². The van der Waals surface area contributed by atoms with Crippen LogP contribution in [-0.2, 0) is 6.42 Å². The lowest BCUT2D eigenvalue weighted by Gasteiger charge is -2.31. The van der Waals surface area contributed by atoms with E-state index >= 15 is 0 Å². The molecule has 1 aromatic heterocycles. The van der Waals surface area contributed by atoms with Gasteiger partial charge in [-0.2, -0.15) is 0 Å². The summed E-state index contributed by atoms with van der Waals surface area (Å²) in [6.45, 7) is 4.29. The zero-order chi connectivity index (χ0) is 14.3. The molecule has 4 heteroatoms. The summed E-state index contributed by atoms with van der Waals surface area (Å²) in [7, 11) is 0. The number of ether oxygens (including phenoxy) is 1. The van der Waals surface area contributed by atoms with Crippen molar-refractivity contribution in [2.24, 2.45) is 5.92 Å². The van der Waals surface area contributed by atoms with E-state index in [1.54, 1.807) is 11.3 Å². The van der Waals surface area contributed by atoms with Gasteiger partial charge >= 0.3 is 0 Å². The Morgan fingerprint density at radius 3 is 2.50 bits per heavy atom. The van der Waals surface area contributed by atoms with Crippen molar-refractivity contribution >= 4 is 23.7 Å². The van der Waals surface area contributed by atoms with Crippen molar-refractivity contribution in [3.8, 4) is 5.06 Å². The van der Waals surface area contributed by atoms with Gasteiger partial charge in [0.25, 0.3) is 0 Å². The molecule has 0 atom stereocenters. The van der Waals surface area contributed by atoms with Crippen LogP contribution in [0.5, 0.6) is 5.06 Å². The predicted molar refractivity (Wildman–Crippen MR) is 96.4 cm³/mol. The molecule has 0 radical (unpaired) electrons. The lowest BCUT2D eigenvalue weighted by molar-refractivity contribution is 0.156. The molecule has 3 rings (SSSR count). The predicted octanol–water partition coefficient (Wildman–Crippen LogP) is 4.50. The zero-order valence-corrected chi connectivity index (χ0v) is 14.5. The number of likely N-dealkylation sites (tertiary alicyclic amines) is 1. The molecule has 1 aliphatic rings. The van der Waals surface area contributed by atoms with E-state index in [0.717, 1.165) is 24.1 Å². The van der Waals surface area contributed by atoms with Gasteiger partial charge in [0.15, 0.2) is 5.06 Å². The van der Waals surface area contributed by atoms with Gasteiger partial charge in [0.05, 0.1) is 0 Å². The van der Waals surface area contributed by atoms with Crippen molar-refractivity contribution in [1.82, 2.24) is 4.90 Å². The Labute approximate surface area is 143 Å². The molecule has 0 aliphatic carbocycles. The second-order valence-corrected chi connectivity index (χ2v) is 6.67. The largest absolute Gasteiger partial charge is 0.483 e. The van der Waals surface area contributed by atoms with Crippen LogP contribution in [0.25, 0.3) is 0 Å². The van der Waals surface area contributed by atoms with Gasteiger partial charge in [-0.05, 0) is 61.3 Å². The Morgan fingerprint density at radius 1 is 1.05 bits per heavy atom. The van der Waals surface area contributed by atoms with Crippen LogP contribution in [0.4, 0.5) is 0 Å². The van der Waals surface area contributed by atoms with Gasteiger partial charge in [0.1, 0.15) is 6.61 Å². The highest BCUT2D eigenvalue weighted by Crippen LogP contribution is 2.22. The van der Waals surface area contributed by atoms with Gasteiger partial charge in [-0.15, -0.1) is 23.7 Å². The average Bonchev–Trinajstić information content (AvgIpc) is 3.03. The first-order valence-electron chi connectivity index (χ1n) is 7.83. The number of halogens is 1. The maximum atomic E-state index is 5.75. The molecule has 1 saturated heterocycles. The number of nitrogens with zero attached hydrogens (tertiary/aromatic N) is 1. The highest BCUT2D eigenvalue weighted by molar-refractivity contribution is 7.11. The van der Waals surface area contributed by atoms with Crippen LogP contribution in [0, 0.1) is 5.92 Å². The fourth-order valence-corrected chi connectivity index (χ4v) is 3.58. The molecule has 0 spiro atoms. The summed E-state index contributed by atoms with van der Waals surface area (Å²) in [5.41, 5.74) is 1.48. The first kappa shape index (κ1) is 17.3. The fourth-order valence-electron chi connectivity index (χ4n) is 2.98. The van der Waals surface area contributed by atoms with Crippen molar-refractivity contribution in [3.63, 3.8) is 0 Å². The number of piperidine rings is 1. The van der Waals surface area contributed by atoms with E-state index in [9.17, 15) is 0 Å². The minimum Gasteiger partial charge on any atom is -0.483 e. The molecular formula is C18H24ClNOS. The van der Waals surface area contributed by atoms with Crippen LogP contribution in [-0.4, -0.2) is 31.1 Å². The quantitative estimate of drug-likeness (QED) is 0.769. The maximum Gasteiger partial charge on any atom is 0.173 e. The molecule has 2 nitrogen and oxygen atoms in total. The number of benzene rings is 1. The highest BCUT2D eigenvalue weighted by Gasteiger charge is 2.19. The molecule has 1 aliphatic heterocycles. The Balaban J connectivity index is 0.00000176. The Hall–Kier alpha value is -1.03. The van der Waals surface area contributed by atoms with Crippen molar-refractivity contribution in [2.75, 3.05) is 26.2 Å². The summed E-state index contributed by atoms with van der Waals surface area (Å²) in [5, 5.41) is 3.10. The summed E-state index contributed by atoms with van der Waals surface area (Å²) in [6.07, 6.45) is 3.86. The van der Waals surface area contributed by atoms with Crippen LogP contribution in [0.2, 0.25) is 0 Å². The second-order valence-electron chi connectivity index (χ2n) is 5.76. The first-order valence-corrected chi connectivity index (χ1v) is 8.71. The van der Waals surface area contributed by atoms with E-state index in [1.165, 1.54) is 37.9 Å². The third kappa shape index (κ3) is 5.31. The molecule has 1 aromatic carbocycles. The van der Waals surface area contributed by atoms with Gasteiger partial charge in [-0.25, -0.2) is 0 Å². The van der Waals surface area contributed by atoms with E-state index < -0.39 is 0 Å². The smallest absolute Gasteiger partial charge is 0.173 e. The summed E-state index contributed by atoms with van der Waals surface area (Å²) in [6, 6.07) is 15.0. The second kappa shape index (κ2) is 9.19. The Morgan fingerprint density at radius 2 is 1.82 bits per heavy atom. The summed E-state index contributed by atoms with van der Waals surface area (Å²) in [4.78, 5) is 2.54. The van der Waals surface area contributed by atoms with Gasteiger partial charge in [-0.1, -0.05) is 30.3 Å². The molecule has 2 aromatic rings. The van der Waals surface area contributed by atoms with Crippen molar-refractivity contribution in [2.45, 2.75) is 19.3 Å². The SMILES string of the molecule is Cl.c1ccc(CC2CCN(CCOc3cccs3)CC2)cc1. The van der Waals surface area contributed by atoms with Gasteiger partial charge in [-0.3, -0.25) is 4.90 Å². The minimum absolute atomic E-state index is 0. The third-order valence-electron chi connectivity index (χ3n) is 4.22. The van der Waals surface area contributed by atoms with E-state index in [2.05, 4.69) is 40.6 Å². The molecule has 2 heterocycles. The standard InChI is InChI=1S/C18H23NOS.ClH/c1-2-5-16(6-3-1)15-17-8-10-19(11-9-17)12-13-20-18-7-4-14-21-18;/h1-7,14,17H,8-13,15H2;1H. The highest BCUT2D eigenvalue weighted by atomic mass is 35.5. The molecule has 22 heavy (non-hydrogen) atoms. The number of hydrogen-bond donors (Lipinski definition) is 0. The molecular weight excluding hydrogens is 314 g/mol. The van der Waals surface area contributed by atoms with Gasteiger partial charge < -0.3 is 4.74 Å². The van der Waals surface area contributed by atoms with E-state index in [0.29, 0.717) is 0 Å². The number of thiophene rings is 1. The number of hydrogen-bond acceptors (Lipinski definition) is 3. The lowest BCUT2D eigenvalue weighted by atomic mass is 9.90. The molecule has 0 amide bonds. The third-order valence-corrected chi connectivity index (χ3v) is 5.00. The summed E-state index contributed by atoms with van der Waals surface area (Å²) >= 11 is 1.67. The molecule has 0 bridgehead atoms.